The second-order valence-electron chi connectivity index (χ2n) is 5.76. The van der Waals surface area contributed by atoms with Gasteiger partial charge in [0, 0.05) is 34.2 Å². The van der Waals surface area contributed by atoms with Crippen LogP contribution in [0.4, 0.5) is 15.8 Å². The molecule has 1 saturated carbocycles. The largest absolute Gasteiger partial charge is 0.326 e. The number of rotatable bonds is 4. The van der Waals surface area contributed by atoms with Gasteiger partial charge >= 0.3 is 0 Å². The Balaban J connectivity index is 1.68. The fourth-order valence-corrected chi connectivity index (χ4v) is 3.64. The van der Waals surface area contributed by atoms with Crippen molar-refractivity contribution in [3.05, 3.63) is 45.9 Å². The fourth-order valence-electron chi connectivity index (χ4n) is 2.58. The Morgan fingerprint density at radius 1 is 1.22 bits per heavy atom. The van der Waals surface area contributed by atoms with E-state index in [1.807, 2.05) is 13.0 Å². The van der Waals surface area contributed by atoms with E-state index < -0.39 is 5.82 Å². The quantitative estimate of drug-likeness (QED) is 0.892. The van der Waals surface area contributed by atoms with Crippen molar-refractivity contribution < 1.29 is 14.0 Å². The molecule has 1 aliphatic carbocycles. The topological polar surface area (TPSA) is 58.2 Å². The molecule has 0 bridgehead atoms. The van der Waals surface area contributed by atoms with E-state index in [2.05, 4.69) is 16.7 Å². The van der Waals surface area contributed by atoms with Gasteiger partial charge in [-0.3, -0.25) is 9.59 Å². The summed E-state index contributed by atoms with van der Waals surface area (Å²) in [7, 11) is 0. The molecule has 1 aromatic heterocycles. The molecule has 6 heteroatoms. The van der Waals surface area contributed by atoms with E-state index in [1.165, 1.54) is 34.9 Å². The van der Waals surface area contributed by atoms with E-state index in [0.717, 1.165) is 6.42 Å². The maximum atomic E-state index is 13.8. The molecule has 4 nitrogen and oxygen atoms in total. The molecule has 1 fully saturated rings. The summed E-state index contributed by atoms with van der Waals surface area (Å²) in [6.45, 7) is 3.41. The summed E-state index contributed by atoms with van der Waals surface area (Å²) < 4.78 is 13.8. The third-order valence-electron chi connectivity index (χ3n) is 3.80. The average molecular weight is 332 g/mol. The maximum Gasteiger partial charge on any atom is 0.228 e. The first-order valence-corrected chi connectivity index (χ1v) is 8.20. The van der Waals surface area contributed by atoms with Gasteiger partial charge in [-0.25, -0.2) is 4.39 Å². The van der Waals surface area contributed by atoms with Crippen LogP contribution < -0.4 is 10.6 Å². The molecule has 3 rings (SSSR count). The lowest BCUT2D eigenvalue weighted by atomic mass is 10.2. The van der Waals surface area contributed by atoms with Crippen molar-refractivity contribution in [3.8, 4) is 0 Å². The zero-order chi connectivity index (χ0) is 16.6. The minimum absolute atomic E-state index is 0.0919. The highest BCUT2D eigenvalue weighted by Crippen LogP contribution is 2.50. The van der Waals surface area contributed by atoms with Crippen molar-refractivity contribution in [2.45, 2.75) is 26.2 Å². The predicted octanol–water partition coefficient (Wildman–Crippen LogP) is 3.90. The zero-order valence-corrected chi connectivity index (χ0v) is 13.7. The number of carbonyl (C=O) groups is 2. The molecule has 1 heterocycles. The number of amides is 2. The molecule has 23 heavy (non-hydrogen) atoms. The number of hydrogen-bond donors (Lipinski definition) is 2. The summed E-state index contributed by atoms with van der Waals surface area (Å²) >= 11 is 1.70. The molecule has 0 saturated heterocycles. The Morgan fingerprint density at radius 2 is 2.00 bits per heavy atom. The van der Waals surface area contributed by atoms with Gasteiger partial charge in [0.2, 0.25) is 11.8 Å². The number of halogens is 1. The SMILES string of the molecule is CC(=O)Nc1ccc(F)c(NC(=O)[C@@H]2C[C@@H]2c2ccc(C)s2)c1. The van der Waals surface area contributed by atoms with Crippen LogP contribution >= 0.6 is 11.3 Å². The number of benzene rings is 1. The molecule has 1 aliphatic rings. The summed E-state index contributed by atoms with van der Waals surface area (Å²) in [5, 5.41) is 5.20. The molecular weight excluding hydrogens is 315 g/mol. The molecule has 1 aromatic carbocycles. The minimum Gasteiger partial charge on any atom is -0.326 e. The van der Waals surface area contributed by atoms with E-state index in [-0.39, 0.29) is 29.3 Å². The monoisotopic (exact) mass is 332 g/mol. The van der Waals surface area contributed by atoms with Crippen molar-refractivity contribution in [3.63, 3.8) is 0 Å². The number of thiophene rings is 1. The van der Waals surface area contributed by atoms with Crippen LogP contribution in [0.25, 0.3) is 0 Å². The van der Waals surface area contributed by atoms with Gasteiger partial charge in [-0.1, -0.05) is 0 Å². The van der Waals surface area contributed by atoms with E-state index >= 15 is 0 Å². The normalized spacial score (nSPS) is 19.3. The number of nitrogens with one attached hydrogen (secondary N) is 2. The molecular formula is C17H17FN2O2S. The Kier molecular flexibility index (Phi) is 4.17. The minimum atomic E-state index is -0.517. The Labute approximate surface area is 137 Å². The van der Waals surface area contributed by atoms with Crippen LogP contribution in [-0.4, -0.2) is 11.8 Å². The predicted molar refractivity (Wildman–Crippen MR) is 89.2 cm³/mol. The first-order chi connectivity index (χ1) is 10.9. The van der Waals surface area contributed by atoms with Crippen molar-refractivity contribution in [1.29, 1.82) is 0 Å². The summed E-state index contributed by atoms with van der Waals surface area (Å²) in [6, 6.07) is 8.22. The summed E-state index contributed by atoms with van der Waals surface area (Å²) in [5.41, 5.74) is 0.546. The van der Waals surface area contributed by atoms with Gasteiger partial charge < -0.3 is 10.6 Å². The molecule has 2 amide bonds. The number of hydrogen-bond acceptors (Lipinski definition) is 3. The van der Waals surface area contributed by atoms with Crippen LogP contribution in [0.2, 0.25) is 0 Å². The number of anilines is 2. The molecule has 0 radical (unpaired) electrons. The average Bonchev–Trinajstić information content (AvgIpc) is 3.17. The lowest BCUT2D eigenvalue weighted by molar-refractivity contribution is -0.117. The standard InChI is InChI=1S/C17H17FN2O2S/c1-9-3-6-16(23-9)12-8-13(12)17(22)20-15-7-11(19-10(2)21)4-5-14(15)18/h3-7,12-13H,8H2,1-2H3,(H,19,21)(H,20,22)/t12-,13+/m0/s1. The second-order valence-corrected chi connectivity index (χ2v) is 7.08. The van der Waals surface area contributed by atoms with Crippen molar-refractivity contribution in [2.24, 2.45) is 5.92 Å². The van der Waals surface area contributed by atoms with Gasteiger partial charge in [-0.05, 0) is 43.7 Å². The van der Waals surface area contributed by atoms with Crippen molar-refractivity contribution in [1.82, 2.24) is 0 Å². The van der Waals surface area contributed by atoms with Crippen LogP contribution in [-0.2, 0) is 9.59 Å². The van der Waals surface area contributed by atoms with Crippen LogP contribution in [0, 0.1) is 18.7 Å². The third-order valence-corrected chi connectivity index (χ3v) is 4.93. The molecule has 120 valence electrons. The lowest BCUT2D eigenvalue weighted by Crippen LogP contribution is -2.16. The van der Waals surface area contributed by atoms with E-state index in [1.54, 1.807) is 11.3 Å². The molecule has 2 N–H and O–H groups in total. The van der Waals surface area contributed by atoms with E-state index in [0.29, 0.717) is 5.69 Å². The molecule has 0 aliphatic heterocycles. The van der Waals surface area contributed by atoms with E-state index in [4.69, 9.17) is 0 Å². The van der Waals surface area contributed by atoms with Crippen molar-refractivity contribution >= 4 is 34.5 Å². The Hall–Kier alpha value is -2.21. The van der Waals surface area contributed by atoms with Crippen LogP contribution in [0.5, 0.6) is 0 Å². The fraction of sp³-hybridized carbons (Fsp3) is 0.294. The summed E-state index contributed by atoms with van der Waals surface area (Å²) in [5.74, 6) is -0.826. The van der Waals surface area contributed by atoms with Crippen LogP contribution in [0.1, 0.15) is 29.0 Å². The van der Waals surface area contributed by atoms with Gasteiger partial charge in [0.15, 0.2) is 0 Å². The van der Waals surface area contributed by atoms with Crippen molar-refractivity contribution in [2.75, 3.05) is 10.6 Å². The highest BCUT2D eigenvalue weighted by atomic mass is 32.1. The van der Waals surface area contributed by atoms with Gasteiger partial charge in [0.25, 0.3) is 0 Å². The smallest absolute Gasteiger partial charge is 0.228 e. The van der Waals surface area contributed by atoms with Crippen LogP contribution in [0.3, 0.4) is 0 Å². The Bertz CT molecular complexity index is 772. The van der Waals surface area contributed by atoms with E-state index in [9.17, 15) is 14.0 Å². The summed E-state index contributed by atoms with van der Waals surface area (Å²) in [6.07, 6.45) is 0.790. The van der Waals surface area contributed by atoms with Gasteiger partial charge in [0.05, 0.1) is 5.69 Å². The first kappa shape index (κ1) is 15.7. The molecule has 0 spiro atoms. The lowest BCUT2D eigenvalue weighted by Gasteiger charge is -2.09. The summed E-state index contributed by atoms with van der Waals surface area (Å²) in [4.78, 5) is 25.8. The first-order valence-electron chi connectivity index (χ1n) is 7.38. The molecule has 0 unspecified atom stereocenters. The third kappa shape index (κ3) is 3.59. The Morgan fingerprint density at radius 3 is 2.65 bits per heavy atom. The van der Waals surface area contributed by atoms with Crippen LogP contribution in [0.15, 0.2) is 30.3 Å². The molecule has 2 atom stereocenters. The highest BCUT2D eigenvalue weighted by molar-refractivity contribution is 7.12. The second kappa shape index (κ2) is 6.12. The zero-order valence-electron chi connectivity index (χ0n) is 12.9. The highest BCUT2D eigenvalue weighted by Gasteiger charge is 2.44. The van der Waals surface area contributed by atoms with Gasteiger partial charge in [0.1, 0.15) is 5.82 Å². The number of carbonyl (C=O) groups excluding carboxylic acids is 2. The van der Waals surface area contributed by atoms with Gasteiger partial charge in [-0.15, -0.1) is 11.3 Å². The molecule has 2 aromatic rings. The number of aryl methyl sites for hydroxylation is 1. The maximum absolute atomic E-state index is 13.8. The van der Waals surface area contributed by atoms with Gasteiger partial charge in [-0.2, -0.15) is 0 Å².